The second-order valence-corrected chi connectivity index (χ2v) is 5.66. The second kappa shape index (κ2) is 5.99. The first kappa shape index (κ1) is 15.1. The van der Waals surface area contributed by atoms with Crippen LogP contribution in [0.15, 0.2) is 34.8 Å². The average Bonchev–Trinajstić information content (AvgIpc) is 2.36. The number of nitrogens with one attached hydrogen (secondary N) is 1. The smallest absolute Gasteiger partial charge is 0.257 e. The van der Waals surface area contributed by atoms with Crippen LogP contribution in [0, 0.1) is 5.82 Å². The van der Waals surface area contributed by atoms with Gasteiger partial charge in [-0.3, -0.25) is 4.79 Å². The quantitative estimate of drug-likeness (QED) is 0.743. The van der Waals surface area contributed by atoms with Gasteiger partial charge in [-0.05, 0) is 30.3 Å². The van der Waals surface area contributed by atoms with Crippen molar-refractivity contribution in [3.8, 4) is 0 Å². The third-order valence-electron chi connectivity index (χ3n) is 2.51. The maximum absolute atomic E-state index is 13.2. The molecule has 0 aliphatic rings. The van der Waals surface area contributed by atoms with E-state index in [1.165, 1.54) is 12.1 Å². The number of hydrogen-bond acceptors (Lipinski definition) is 2. The molecule has 3 N–H and O–H groups in total. The highest BCUT2D eigenvalue weighted by molar-refractivity contribution is 9.10. The van der Waals surface area contributed by atoms with Crippen molar-refractivity contribution in [3.05, 3.63) is 56.2 Å². The van der Waals surface area contributed by atoms with E-state index in [0.717, 1.165) is 6.07 Å². The van der Waals surface area contributed by atoms with Crippen LogP contribution < -0.4 is 11.1 Å². The molecule has 0 spiro atoms. The molecule has 0 aromatic heterocycles. The average molecular weight is 378 g/mol. The van der Waals surface area contributed by atoms with Gasteiger partial charge in [0.15, 0.2) is 0 Å². The molecule has 0 saturated heterocycles. The Morgan fingerprint density at radius 2 is 1.80 bits per heavy atom. The van der Waals surface area contributed by atoms with Gasteiger partial charge < -0.3 is 11.1 Å². The molecule has 2 rings (SSSR count). The number of anilines is 2. The van der Waals surface area contributed by atoms with Gasteiger partial charge in [0, 0.05) is 10.2 Å². The Balaban J connectivity index is 2.35. The largest absolute Gasteiger partial charge is 0.398 e. The molecule has 0 saturated carbocycles. The third-order valence-corrected chi connectivity index (χ3v) is 3.56. The number of nitrogens with two attached hydrogens (primary N) is 1. The summed E-state index contributed by atoms with van der Waals surface area (Å²) in [7, 11) is 0. The van der Waals surface area contributed by atoms with Crippen LogP contribution in [0.1, 0.15) is 10.4 Å². The summed E-state index contributed by atoms with van der Waals surface area (Å²) in [5.74, 6) is -1.15. The molecule has 0 unspecified atom stereocenters. The van der Waals surface area contributed by atoms with Crippen molar-refractivity contribution in [2.45, 2.75) is 0 Å². The van der Waals surface area contributed by atoms with Crippen LogP contribution >= 0.6 is 39.1 Å². The van der Waals surface area contributed by atoms with Crippen molar-refractivity contribution in [1.82, 2.24) is 0 Å². The van der Waals surface area contributed by atoms with Crippen molar-refractivity contribution in [2.75, 3.05) is 11.1 Å². The maximum atomic E-state index is 13.2. The van der Waals surface area contributed by atoms with Crippen LogP contribution in [0.3, 0.4) is 0 Å². The monoisotopic (exact) mass is 376 g/mol. The SMILES string of the molecule is Nc1ccc(F)cc1C(=O)Nc1c(Cl)cc(Br)cc1Cl. The number of halogens is 4. The van der Waals surface area contributed by atoms with Crippen LogP contribution in [-0.4, -0.2) is 5.91 Å². The second-order valence-electron chi connectivity index (χ2n) is 3.93. The zero-order valence-electron chi connectivity index (χ0n) is 9.88. The summed E-state index contributed by atoms with van der Waals surface area (Å²) in [6.07, 6.45) is 0. The predicted molar refractivity (Wildman–Crippen MR) is 82.9 cm³/mol. The maximum Gasteiger partial charge on any atom is 0.257 e. The lowest BCUT2D eigenvalue weighted by Gasteiger charge is -2.11. The number of amides is 1. The van der Waals surface area contributed by atoms with Crippen LogP contribution in [-0.2, 0) is 0 Å². The molecule has 0 atom stereocenters. The minimum Gasteiger partial charge on any atom is -0.398 e. The van der Waals surface area contributed by atoms with E-state index in [2.05, 4.69) is 21.2 Å². The lowest BCUT2D eigenvalue weighted by atomic mass is 10.1. The summed E-state index contributed by atoms with van der Waals surface area (Å²) >= 11 is 15.2. The van der Waals surface area contributed by atoms with E-state index in [-0.39, 0.29) is 27.0 Å². The number of rotatable bonds is 2. The molecule has 3 nitrogen and oxygen atoms in total. The van der Waals surface area contributed by atoms with Gasteiger partial charge in [-0.2, -0.15) is 0 Å². The van der Waals surface area contributed by atoms with E-state index in [9.17, 15) is 9.18 Å². The highest BCUT2D eigenvalue weighted by Crippen LogP contribution is 2.34. The van der Waals surface area contributed by atoms with Crippen LogP contribution in [0.2, 0.25) is 10.0 Å². The molecule has 2 aromatic rings. The van der Waals surface area contributed by atoms with E-state index in [4.69, 9.17) is 28.9 Å². The molecule has 0 heterocycles. The van der Waals surface area contributed by atoms with Crippen molar-refractivity contribution >= 4 is 56.4 Å². The molecule has 7 heteroatoms. The highest BCUT2D eigenvalue weighted by atomic mass is 79.9. The molecule has 0 bridgehead atoms. The molecular weight excluding hydrogens is 370 g/mol. The lowest BCUT2D eigenvalue weighted by molar-refractivity contribution is 0.102. The number of carbonyl (C=O) groups is 1. The van der Waals surface area contributed by atoms with Crippen LogP contribution in [0.4, 0.5) is 15.8 Å². The molecular formula is C13H8BrCl2FN2O. The summed E-state index contributed by atoms with van der Waals surface area (Å²) in [6, 6.07) is 6.70. The minimum atomic E-state index is -0.590. The van der Waals surface area contributed by atoms with Crippen molar-refractivity contribution in [3.63, 3.8) is 0 Å². The Labute approximate surface area is 133 Å². The summed E-state index contributed by atoms with van der Waals surface area (Å²) < 4.78 is 13.8. The Bertz CT molecular complexity index is 671. The molecule has 2 aromatic carbocycles. The Hall–Kier alpha value is -1.30. The molecule has 104 valence electrons. The van der Waals surface area contributed by atoms with Crippen LogP contribution in [0.5, 0.6) is 0 Å². The predicted octanol–water partition coefficient (Wildman–Crippen LogP) is 4.73. The number of nitrogen functional groups attached to an aromatic ring is 1. The molecule has 1 amide bonds. The van der Waals surface area contributed by atoms with E-state index < -0.39 is 11.7 Å². The fourth-order valence-corrected chi connectivity index (χ4v) is 2.87. The van der Waals surface area contributed by atoms with Gasteiger partial charge >= 0.3 is 0 Å². The molecule has 20 heavy (non-hydrogen) atoms. The molecule has 0 radical (unpaired) electrons. The molecule has 0 aliphatic heterocycles. The van der Waals surface area contributed by atoms with Crippen molar-refractivity contribution in [2.24, 2.45) is 0 Å². The van der Waals surface area contributed by atoms with E-state index in [1.54, 1.807) is 12.1 Å². The topological polar surface area (TPSA) is 55.1 Å². The Morgan fingerprint density at radius 3 is 2.40 bits per heavy atom. The van der Waals surface area contributed by atoms with Crippen molar-refractivity contribution in [1.29, 1.82) is 0 Å². The fraction of sp³-hybridized carbons (Fsp3) is 0. The van der Waals surface area contributed by atoms with Crippen molar-refractivity contribution < 1.29 is 9.18 Å². The van der Waals surface area contributed by atoms with Gasteiger partial charge in [0.2, 0.25) is 0 Å². The van der Waals surface area contributed by atoms with E-state index in [1.807, 2.05) is 0 Å². The number of benzene rings is 2. The number of carbonyl (C=O) groups excluding carboxylic acids is 1. The lowest BCUT2D eigenvalue weighted by Crippen LogP contribution is -2.15. The van der Waals surface area contributed by atoms with Gasteiger partial charge in [-0.15, -0.1) is 0 Å². The van der Waals surface area contributed by atoms with Gasteiger partial charge in [0.25, 0.3) is 5.91 Å². The molecule has 0 aliphatic carbocycles. The first-order chi connectivity index (χ1) is 9.38. The number of hydrogen-bond donors (Lipinski definition) is 2. The zero-order valence-corrected chi connectivity index (χ0v) is 13.0. The van der Waals surface area contributed by atoms with E-state index >= 15 is 0 Å². The van der Waals surface area contributed by atoms with Gasteiger partial charge in [-0.1, -0.05) is 39.1 Å². The fourth-order valence-electron chi connectivity index (χ4n) is 1.57. The first-order valence-electron chi connectivity index (χ1n) is 5.39. The summed E-state index contributed by atoms with van der Waals surface area (Å²) in [5.41, 5.74) is 6.06. The normalized spacial score (nSPS) is 10.4. The third kappa shape index (κ3) is 3.23. The zero-order chi connectivity index (χ0) is 14.9. The Kier molecular flexibility index (Phi) is 4.52. The summed E-state index contributed by atoms with van der Waals surface area (Å²) in [5, 5.41) is 3.03. The standard InChI is InChI=1S/C13H8BrCl2FN2O/c14-6-3-9(15)12(10(16)4-6)19-13(20)8-5-7(17)1-2-11(8)18/h1-5H,18H2,(H,19,20). The van der Waals surface area contributed by atoms with Gasteiger partial charge in [-0.25, -0.2) is 4.39 Å². The summed E-state index contributed by atoms with van der Waals surface area (Å²) in [4.78, 5) is 12.1. The van der Waals surface area contributed by atoms with E-state index in [0.29, 0.717) is 4.47 Å². The van der Waals surface area contributed by atoms with Gasteiger partial charge in [0.1, 0.15) is 5.82 Å². The highest BCUT2D eigenvalue weighted by Gasteiger charge is 2.15. The molecule has 0 fully saturated rings. The van der Waals surface area contributed by atoms with Gasteiger partial charge in [0.05, 0.1) is 21.3 Å². The Morgan fingerprint density at radius 1 is 1.20 bits per heavy atom. The minimum absolute atomic E-state index is 0.0139. The first-order valence-corrected chi connectivity index (χ1v) is 6.94. The van der Waals surface area contributed by atoms with Crippen LogP contribution in [0.25, 0.3) is 0 Å². The summed E-state index contributed by atoms with van der Waals surface area (Å²) in [6.45, 7) is 0.